The second-order valence-electron chi connectivity index (χ2n) is 4.18. The van der Waals surface area contributed by atoms with Gasteiger partial charge in [-0.05, 0) is 30.7 Å². The van der Waals surface area contributed by atoms with Gasteiger partial charge in [-0.3, -0.25) is 0 Å². The summed E-state index contributed by atoms with van der Waals surface area (Å²) in [4.78, 5) is 12.8. The lowest BCUT2D eigenvalue weighted by Gasteiger charge is -2.11. The van der Waals surface area contributed by atoms with Crippen LogP contribution in [0.3, 0.4) is 0 Å². The van der Waals surface area contributed by atoms with Crippen molar-refractivity contribution in [1.82, 2.24) is 0 Å². The van der Waals surface area contributed by atoms with Crippen LogP contribution in [0.25, 0.3) is 6.08 Å². The quantitative estimate of drug-likeness (QED) is 0.353. The third-order valence-electron chi connectivity index (χ3n) is 2.54. The fourth-order valence-corrected chi connectivity index (χ4v) is 2.49. The predicted octanol–water partition coefficient (Wildman–Crippen LogP) is 4.38. The average Bonchev–Trinajstić information content (AvgIpc) is 2.47. The van der Waals surface area contributed by atoms with E-state index in [1.165, 1.54) is 17.8 Å². The zero-order valence-electron chi connectivity index (χ0n) is 11.2. The van der Waals surface area contributed by atoms with E-state index in [9.17, 15) is 4.79 Å². The first-order valence-corrected chi connectivity index (χ1v) is 7.27. The van der Waals surface area contributed by atoms with Gasteiger partial charge in [0.05, 0.1) is 0 Å². The summed E-state index contributed by atoms with van der Waals surface area (Å²) < 4.78 is 5.31. The number of hydrogen-bond donors (Lipinski definition) is 0. The third kappa shape index (κ3) is 4.94. The van der Waals surface area contributed by atoms with Crippen LogP contribution in [0.15, 0.2) is 71.6 Å². The Labute approximate surface area is 123 Å². The zero-order chi connectivity index (χ0) is 14.2. The molecule has 0 aromatic heterocycles. The highest BCUT2D eigenvalue weighted by Gasteiger charge is 2.08. The van der Waals surface area contributed by atoms with Crippen molar-refractivity contribution >= 4 is 23.8 Å². The van der Waals surface area contributed by atoms with E-state index in [1.807, 2.05) is 67.6 Å². The number of ether oxygens (including phenoxy) is 1. The van der Waals surface area contributed by atoms with Crippen molar-refractivity contribution in [3.05, 3.63) is 72.3 Å². The van der Waals surface area contributed by atoms with Crippen LogP contribution in [0.5, 0.6) is 0 Å². The van der Waals surface area contributed by atoms with E-state index >= 15 is 0 Å². The Bertz CT molecular complexity index is 564. The molecule has 0 aliphatic rings. The molecule has 2 nitrogen and oxygen atoms in total. The molecule has 2 aromatic rings. The summed E-state index contributed by atoms with van der Waals surface area (Å²) >= 11 is 1.52. The number of carbonyl (C=O) groups excluding carboxylic acids is 1. The van der Waals surface area contributed by atoms with E-state index in [1.54, 1.807) is 6.08 Å². The Hall–Kier alpha value is -2.00. The molecule has 0 radical (unpaired) electrons. The van der Waals surface area contributed by atoms with Crippen molar-refractivity contribution in [2.75, 3.05) is 0 Å². The average molecular weight is 284 g/mol. The maximum atomic E-state index is 11.7. The van der Waals surface area contributed by atoms with Crippen LogP contribution in [0.1, 0.15) is 12.5 Å². The van der Waals surface area contributed by atoms with Crippen LogP contribution in [0, 0.1) is 0 Å². The molecule has 2 aromatic carbocycles. The van der Waals surface area contributed by atoms with Crippen LogP contribution < -0.4 is 0 Å². The molecule has 2 rings (SSSR count). The maximum absolute atomic E-state index is 11.7. The molecule has 0 N–H and O–H groups in total. The first-order chi connectivity index (χ1) is 9.74. The summed E-state index contributed by atoms with van der Waals surface area (Å²) in [6.07, 6.45) is 3.21. The lowest BCUT2D eigenvalue weighted by Crippen LogP contribution is -2.08. The molecular weight excluding hydrogens is 268 g/mol. The van der Waals surface area contributed by atoms with Gasteiger partial charge in [-0.15, -0.1) is 0 Å². The molecule has 0 saturated carbocycles. The SMILES string of the molecule is CC(OC(=O)/C=C/c1ccccc1)Sc1ccccc1. The Morgan fingerprint density at radius 2 is 1.65 bits per heavy atom. The van der Waals surface area contributed by atoms with Gasteiger partial charge in [0, 0.05) is 11.0 Å². The first-order valence-electron chi connectivity index (χ1n) is 6.39. The largest absolute Gasteiger partial charge is 0.448 e. The molecule has 0 aliphatic heterocycles. The van der Waals surface area contributed by atoms with Gasteiger partial charge in [0.2, 0.25) is 0 Å². The molecule has 0 aliphatic carbocycles. The van der Waals surface area contributed by atoms with Gasteiger partial charge in [-0.2, -0.15) is 0 Å². The minimum Gasteiger partial charge on any atom is -0.448 e. The summed E-state index contributed by atoms with van der Waals surface area (Å²) in [6, 6.07) is 19.6. The highest BCUT2D eigenvalue weighted by atomic mass is 32.2. The lowest BCUT2D eigenvalue weighted by atomic mass is 10.2. The number of esters is 1. The van der Waals surface area contributed by atoms with Crippen molar-refractivity contribution < 1.29 is 9.53 Å². The number of thioether (sulfide) groups is 1. The van der Waals surface area contributed by atoms with E-state index in [0.29, 0.717) is 0 Å². The molecular formula is C17H16O2S. The van der Waals surface area contributed by atoms with Crippen LogP contribution in [-0.4, -0.2) is 11.4 Å². The highest BCUT2D eigenvalue weighted by Crippen LogP contribution is 2.23. The van der Waals surface area contributed by atoms with Gasteiger partial charge in [0.15, 0.2) is 0 Å². The van der Waals surface area contributed by atoms with E-state index in [-0.39, 0.29) is 11.4 Å². The molecule has 0 fully saturated rings. The van der Waals surface area contributed by atoms with Gasteiger partial charge in [-0.25, -0.2) is 4.79 Å². The van der Waals surface area contributed by atoms with Crippen molar-refractivity contribution in [2.45, 2.75) is 17.3 Å². The van der Waals surface area contributed by atoms with Crippen LogP contribution in [-0.2, 0) is 9.53 Å². The Kier molecular flexibility index (Phi) is 5.44. The number of rotatable bonds is 5. The van der Waals surface area contributed by atoms with E-state index in [2.05, 4.69) is 0 Å². The molecule has 0 heterocycles. The van der Waals surface area contributed by atoms with Crippen LogP contribution in [0.4, 0.5) is 0 Å². The Balaban J connectivity index is 1.84. The molecule has 0 saturated heterocycles. The second-order valence-corrected chi connectivity index (χ2v) is 5.55. The fourth-order valence-electron chi connectivity index (χ4n) is 1.65. The second kappa shape index (κ2) is 7.56. The summed E-state index contributed by atoms with van der Waals surface area (Å²) in [5.74, 6) is -0.329. The van der Waals surface area contributed by atoms with Gasteiger partial charge in [0.1, 0.15) is 5.44 Å². The van der Waals surface area contributed by atoms with Crippen LogP contribution >= 0.6 is 11.8 Å². The van der Waals surface area contributed by atoms with Gasteiger partial charge in [-0.1, -0.05) is 60.3 Å². The predicted molar refractivity (Wildman–Crippen MR) is 83.3 cm³/mol. The van der Waals surface area contributed by atoms with Gasteiger partial charge in [0.25, 0.3) is 0 Å². The van der Waals surface area contributed by atoms with Crippen molar-refractivity contribution in [1.29, 1.82) is 0 Å². The molecule has 1 unspecified atom stereocenters. The third-order valence-corrected chi connectivity index (χ3v) is 3.51. The normalized spacial score (nSPS) is 12.2. The Morgan fingerprint density at radius 3 is 2.30 bits per heavy atom. The van der Waals surface area contributed by atoms with E-state index in [4.69, 9.17) is 4.74 Å². The Morgan fingerprint density at radius 1 is 1.05 bits per heavy atom. The molecule has 20 heavy (non-hydrogen) atoms. The topological polar surface area (TPSA) is 26.3 Å². The van der Waals surface area contributed by atoms with Crippen molar-refractivity contribution in [3.63, 3.8) is 0 Å². The number of benzene rings is 2. The summed E-state index contributed by atoms with van der Waals surface area (Å²) in [6.45, 7) is 1.87. The summed E-state index contributed by atoms with van der Waals surface area (Å²) in [7, 11) is 0. The zero-order valence-corrected chi connectivity index (χ0v) is 12.0. The first kappa shape index (κ1) is 14.4. The number of hydrogen-bond acceptors (Lipinski definition) is 3. The van der Waals surface area contributed by atoms with E-state index in [0.717, 1.165) is 10.5 Å². The van der Waals surface area contributed by atoms with Crippen LogP contribution in [0.2, 0.25) is 0 Å². The van der Waals surface area contributed by atoms with Gasteiger partial charge < -0.3 is 4.74 Å². The lowest BCUT2D eigenvalue weighted by molar-refractivity contribution is -0.138. The molecule has 0 spiro atoms. The standard InChI is InChI=1S/C17H16O2S/c1-14(20-16-10-6-3-7-11-16)19-17(18)13-12-15-8-4-2-5-9-15/h2-14H,1H3/b13-12+. The molecule has 1 atom stereocenters. The fraction of sp³-hybridized carbons (Fsp3) is 0.118. The molecule has 0 amide bonds. The van der Waals surface area contributed by atoms with Crippen molar-refractivity contribution in [2.24, 2.45) is 0 Å². The summed E-state index contributed by atoms with van der Waals surface area (Å²) in [5.41, 5.74) is 0.762. The van der Waals surface area contributed by atoms with E-state index < -0.39 is 0 Å². The number of carbonyl (C=O) groups is 1. The molecule has 0 bridgehead atoms. The minimum atomic E-state index is -0.329. The minimum absolute atomic E-state index is 0.217. The maximum Gasteiger partial charge on any atom is 0.331 e. The monoisotopic (exact) mass is 284 g/mol. The summed E-state index contributed by atoms with van der Waals surface area (Å²) in [5, 5.41) is 0. The molecule has 102 valence electrons. The van der Waals surface area contributed by atoms with Crippen molar-refractivity contribution in [3.8, 4) is 0 Å². The van der Waals surface area contributed by atoms with Gasteiger partial charge >= 0.3 is 5.97 Å². The molecule has 3 heteroatoms. The highest BCUT2D eigenvalue weighted by molar-refractivity contribution is 7.99. The smallest absolute Gasteiger partial charge is 0.331 e.